The summed E-state index contributed by atoms with van der Waals surface area (Å²) < 4.78 is 2.06. The summed E-state index contributed by atoms with van der Waals surface area (Å²) in [6.07, 6.45) is 0.275. The second-order valence-electron chi connectivity index (χ2n) is 5.29. The number of carbonyl (C=O) groups excluding carboxylic acids is 1. The molecule has 0 saturated carbocycles. The number of ether oxygens (including phenoxy) is 1. The van der Waals surface area contributed by atoms with Crippen molar-refractivity contribution in [2.24, 2.45) is 5.41 Å². The van der Waals surface area contributed by atoms with Crippen molar-refractivity contribution in [3.8, 4) is 0 Å². The fourth-order valence-corrected chi connectivity index (χ4v) is 3.90. The molecule has 120 valence electrons. The number of rotatable bonds is 7. The summed E-state index contributed by atoms with van der Waals surface area (Å²) in [6.45, 7) is 5.73. The summed E-state index contributed by atoms with van der Waals surface area (Å²) in [5.41, 5.74) is -0.545. The molecule has 0 aromatic carbocycles. The van der Waals surface area contributed by atoms with Crippen LogP contribution < -0.4 is 0 Å². The maximum Gasteiger partial charge on any atom is 0.306 e. The first-order chi connectivity index (χ1) is 8.79. The second kappa shape index (κ2) is 8.17. The first-order valence-electron chi connectivity index (χ1n) is 6.03. The van der Waals surface area contributed by atoms with Crippen LogP contribution in [0.15, 0.2) is 0 Å². The van der Waals surface area contributed by atoms with Gasteiger partial charge in [0.25, 0.3) is 0 Å². The standard InChI is InChI=1S/C12H18Cl6O2/c1-4-20-9(19)6-10(2,3)8(13)5-11(14,15)7-12(16,17)18/h8H,4-7H2,1-3H3. The van der Waals surface area contributed by atoms with Gasteiger partial charge in [-0.3, -0.25) is 4.79 Å². The zero-order valence-electron chi connectivity index (χ0n) is 11.5. The number of halogens is 6. The summed E-state index contributed by atoms with van der Waals surface area (Å²) in [6, 6.07) is 0. The van der Waals surface area contributed by atoms with Gasteiger partial charge in [-0.15, -0.1) is 34.8 Å². The van der Waals surface area contributed by atoms with Crippen molar-refractivity contribution in [3.05, 3.63) is 0 Å². The zero-order chi connectivity index (χ0) is 16.2. The molecule has 1 atom stereocenters. The Labute approximate surface area is 150 Å². The van der Waals surface area contributed by atoms with Crippen LogP contribution >= 0.6 is 69.6 Å². The number of carbonyl (C=O) groups is 1. The van der Waals surface area contributed by atoms with Gasteiger partial charge in [0.15, 0.2) is 3.79 Å². The average molecular weight is 407 g/mol. The van der Waals surface area contributed by atoms with Gasteiger partial charge in [-0.1, -0.05) is 48.7 Å². The van der Waals surface area contributed by atoms with Crippen molar-refractivity contribution in [3.63, 3.8) is 0 Å². The van der Waals surface area contributed by atoms with Gasteiger partial charge in [-0.25, -0.2) is 0 Å². The second-order valence-corrected chi connectivity index (χ2v) is 9.97. The molecule has 20 heavy (non-hydrogen) atoms. The number of hydrogen-bond donors (Lipinski definition) is 0. The molecule has 0 aliphatic carbocycles. The predicted octanol–water partition coefficient (Wildman–Crippen LogP) is 5.90. The normalized spacial score (nSPS) is 15.1. The SMILES string of the molecule is CCOC(=O)CC(C)(C)C(Cl)CC(Cl)(Cl)CC(Cl)(Cl)Cl. The summed E-state index contributed by atoms with van der Waals surface area (Å²) >= 11 is 35.6. The Balaban J connectivity index is 4.64. The van der Waals surface area contributed by atoms with Gasteiger partial charge in [0.1, 0.15) is 4.33 Å². The van der Waals surface area contributed by atoms with E-state index >= 15 is 0 Å². The molecule has 0 radical (unpaired) electrons. The number of hydrogen-bond acceptors (Lipinski definition) is 2. The molecule has 0 spiro atoms. The third-order valence-electron chi connectivity index (χ3n) is 2.69. The fraction of sp³-hybridized carbons (Fsp3) is 0.917. The molecule has 0 aliphatic rings. The van der Waals surface area contributed by atoms with Crippen molar-refractivity contribution in [2.45, 2.75) is 53.5 Å². The van der Waals surface area contributed by atoms with Crippen LogP contribution in [0.25, 0.3) is 0 Å². The van der Waals surface area contributed by atoms with Crippen LogP contribution in [-0.2, 0) is 9.53 Å². The topological polar surface area (TPSA) is 26.3 Å². The molecule has 0 saturated heterocycles. The molecule has 0 aromatic rings. The molecule has 0 aromatic heterocycles. The van der Waals surface area contributed by atoms with Gasteiger partial charge < -0.3 is 4.74 Å². The smallest absolute Gasteiger partial charge is 0.306 e. The van der Waals surface area contributed by atoms with Crippen LogP contribution in [0.3, 0.4) is 0 Å². The van der Waals surface area contributed by atoms with Crippen molar-refractivity contribution in [1.82, 2.24) is 0 Å². The van der Waals surface area contributed by atoms with E-state index in [9.17, 15) is 4.79 Å². The van der Waals surface area contributed by atoms with Crippen LogP contribution in [-0.4, -0.2) is 26.1 Å². The summed E-state index contributed by atoms with van der Waals surface area (Å²) in [5, 5.41) is -0.478. The number of alkyl halides is 6. The Kier molecular flexibility index (Phi) is 8.67. The highest BCUT2D eigenvalue weighted by Crippen LogP contribution is 2.46. The van der Waals surface area contributed by atoms with Crippen molar-refractivity contribution in [1.29, 1.82) is 0 Å². The molecule has 0 aliphatic heterocycles. The Morgan fingerprint density at radius 1 is 1.15 bits per heavy atom. The monoisotopic (exact) mass is 404 g/mol. The van der Waals surface area contributed by atoms with Gasteiger partial charge in [-0.2, -0.15) is 0 Å². The molecule has 0 N–H and O–H groups in total. The molecular formula is C12H18Cl6O2. The van der Waals surface area contributed by atoms with E-state index in [2.05, 4.69) is 0 Å². The van der Waals surface area contributed by atoms with Crippen molar-refractivity contribution in [2.75, 3.05) is 6.61 Å². The lowest BCUT2D eigenvalue weighted by molar-refractivity contribution is -0.145. The van der Waals surface area contributed by atoms with Gasteiger partial charge in [0.2, 0.25) is 0 Å². The van der Waals surface area contributed by atoms with Crippen molar-refractivity contribution < 1.29 is 9.53 Å². The predicted molar refractivity (Wildman–Crippen MR) is 88.6 cm³/mol. The molecule has 0 heterocycles. The Morgan fingerprint density at radius 3 is 2.05 bits per heavy atom. The third-order valence-corrected chi connectivity index (χ3v) is 4.41. The molecule has 8 heteroatoms. The highest BCUT2D eigenvalue weighted by Gasteiger charge is 2.41. The van der Waals surface area contributed by atoms with Crippen LogP contribution in [0, 0.1) is 5.41 Å². The molecule has 1 unspecified atom stereocenters. The lowest BCUT2D eigenvalue weighted by Gasteiger charge is -2.34. The van der Waals surface area contributed by atoms with E-state index < -0.39 is 18.9 Å². The fourth-order valence-electron chi connectivity index (χ4n) is 1.60. The minimum absolute atomic E-state index is 0.0630. The van der Waals surface area contributed by atoms with E-state index in [1.807, 2.05) is 13.8 Å². The molecule has 0 amide bonds. The lowest BCUT2D eigenvalue weighted by atomic mass is 9.83. The van der Waals surface area contributed by atoms with E-state index in [1.165, 1.54) is 0 Å². The van der Waals surface area contributed by atoms with E-state index in [4.69, 9.17) is 74.3 Å². The van der Waals surface area contributed by atoms with Crippen LogP contribution in [0.1, 0.15) is 40.0 Å². The van der Waals surface area contributed by atoms with Gasteiger partial charge in [0, 0.05) is 11.8 Å². The highest BCUT2D eigenvalue weighted by molar-refractivity contribution is 6.68. The quantitative estimate of drug-likeness (QED) is 0.388. The van der Waals surface area contributed by atoms with E-state index in [0.29, 0.717) is 6.61 Å². The number of esters is 1. The molecule has 2 nitrogen and oxygen atoms in total. The van der Waals surface area contributed by atoms with Gasteiger partial charge in [-0.05, 0) is 18.8 Å². The van der Waals surface area contributed by atoms with E-state index in [0.717, 1.165) is 0 Å². The average Bonchev–Trinajstić information content (AvgIpc) is 2.11. The first kappa shape index (κ1) is 21.2. The minimum atomic E-state index is -1.56. The Hall–Kier alpha value is 1.21. The molecule has 0 rings (SSSR count). The summed E-state index contributed by atoms with van der Waals surface area (Å²) in [7, 11) is 0. The summed E-state index contributed by atoms with van der Waals surface area (Å²) in [5.74, 6) is -0.320. The van der Waals surface area contributed by atoms with Crippen molar-refractivity contribution >= 4 is 75.6 Å². The highest BCUT2D eigenvalue weighted by atomic mass is 35.6. The van der Waals surface area contributed by atoms with E-state index in [1.54, 1.807) is 6.92 Å². The largest absolute Gasteiger partial charge is 0.466 e. The van der Waals surface area contributed by atoms with Gasteiger partial charge >= 0.3 is 5.97 Å². The Bertz CT molecular complexity index is 324. The van der Waals surface area contributed by atoms with Crippen LogP contribution in [0.4, 0.5) is 0 Å². The third kappa shape index (κ3) is 9.27. The Morgan fingerprint density at radius 2 is 1.65 bits per heavy atom. The first-order valence-corrected chi connectivity index (χ1v) is 8.36. The zero-order valence-corrected chi connectivity index (χ0v) is 16.0. The maximum absolute atomic E-state index is 11.5. The maximum atomic E-state index is 11.5. The van der Waals surface area contributed by atoms with E-state index in [-0.39, 0.29) is 25.2 Å². The molecular weight excluding hydrogens is 389 g/mol. The van der Waals surface area contributed by atoms with Crippen LogP contribution in [0.2, 0.25) is 0 Å². The lowest BCUT2D eigenvalue weighted by Crippen LogP contribution is -2.34. The minimum Gasteiger partial charge on any atom is -0.466 e. The molecule has 0 bridgehead atoms. The summed E-state index contributed by atoms with van der Waals surface area (Å²) in [4.78, 5) is 11.5. The van der Waals surface area contributed by atoms with Crippen LogP contribution in [0.5, 0.6) is 0 Å². The van der Waals surface area contributed by atoms with Gasteiger partial charge in [0.05, 0.1) is 13.0 Å². The molecule has 0 fully saturated rings.